The van der Waals surface area contributed by atoms with Crippen molar-refractivity contribution in [1.82, 2.24) is 4.90 Å². The van der Waals surface area contributed by atoms with E-state index in [4.69, 9.17) is 0 Å². The van der Waals surface area contributed by atoms with E-state index in [0.29, 0.717) is 6.54 Å². The second-order valence-corrected chi connectivity index (χ2v) is 5.75. The SMILES string of the molecule is O=C1C=C2C(c3ccccc3)=C3C=N/C=C\C=C/N3CC2[N+]([O-])=C1. The van der Waals surface area contributed by atoms with Crippen molar-refractivity contribution < 1.29 is 9.53 Å². The van der Waals surface area contributed by atoms with Crippen molar-refractivity contribution in [3.63, 3.8) is 0 Å². The van der Waals surface area contributed by atoms with Crippen LogP contribution >= 0.6 is 0 Å². The summed E-state index contributed by atoms with van der Waals surface area (Å²) in [5.74, 6) is -0.281. The van der Waals surface area contributed by atoms with Crippen LogP contribution in [-0.4, -0.2) is 40.4 Å². The van der Waals surface area contributed by atoms with Crippen LogP contribution in [0.4, 0.5) is 0 Å². The molecule has 0 fully saturated rings. The highest BCUT2D eigenvalue weighted by molar-refractivity contribution is 6.32. The van der Waals surface area contributed by atoms with Crippen molar-refractivity contribution in [1.29, 1.82) is 0 Å². The molecule has 3 aliphatic heterocycles. The van der Waals surface area contributed by atoms with Crippen LogP contribution < -0.4 is 0 Å². The minimum atomic E-state index is -0.414. The second-order valence-electron chi connectivity index (χ2n) is 5.75. The molecule has 1 atom stereocenters. The molecule has 1 aromatic carbocycles. The summed E-state index contributed by atoms with van der Waals surface area (Å²) in [5.41, 5.74) is 3.46. The first kappa shape index (κ1) is 14.4. The smallest absolute Gasteiger partial charge is 0.243 e. The summed E-state index contributed by atoms with van der Waals surface area (Å²) in [4.78, 5) is 18.2. The molecule has 0 radical (unpaired) electrons. The molecule has 0 spiro atoms. The molecule has 1 aromatic rings. The van der Waals surface area contributed by atoms with Gasteiger partial charge in [0.1, 0.15) is 0 Å². The minimum absolute atomic E-state index is 0.281. The molecule has 5 heteroatoms. The number of hydroxylamine groups is 1. The average Bonchev–Trinajstić information content (AvgIpc) is 2.55. The van der Waals surface area contributed by atoms with Gasteiger partial charge in [-0.1, -0.05) is 30.3 Å². The van der Waals surface area contributed by atoms with E-state index in [1.54, 1.807) is 18.5 Å². The zero-order chi connectivity index (χ0) is 16.5. The fourth-order valence-corrected chi connectivity index (χ4v) is 3.20. The normalized spacial score (nSPS) is 25.1. The number of allylic oxidation sites excluding steroid dienone is 4. The Morgan fingerprint density at radius 3 is 2.88 bits per heavy atom. The second kappa shape index (κ2) is 5.77. The van der Waals surface area contributed by atoms with E-state index >= 15 is 0 Å². The van der Waals surface area contributed by atoms with Gasteiger partial charge in [0, 0.05) is 29.6 Å². The third kappa shape index (κ3) is 2.40. The molecule has 5 nitrogen and oxygen atoms in total. The van der Waals surface area contributed by atoms with E-state index < -0.39 is 6.04 Å². The minimum Gasteiger partial charge on any atom is -0.623 e. The third-order valence-corrected chi connectivity index (χ3v) is 4.25. The van der Waals surface area contributed by atoms with Gasteiger partial charge in [-0.3, -0.25) is 9.79 Å². The fourth-order valence-electron chi connectivity index (χ4n) is 3.20. The monoisotopic (exact) mass is 317 g/mol. The quantitative estimate of drug-likeness (QED) is 0.590. The lowest BCUT2D eigenvalue weighted by Gasteiger charge is -2.36. The number of benzene rings is 1. The Kier molecular flexibility index (Phi) is 3.46. The molecule has 0 bridgehead atoms. The molecular formula is C19H15N3O2. The highest BCUT2D eigenvalue weighted by Crippen LogP contribution is 2.36. The molecule has 0 saturated carbocycles. The zero-order valence-electron chi connectivity index (χ0n) is 12.9. The fraction of sp³-hybridized carbons (Fsp3) is 0.105. The van der Waals surface area contributed by atoms with Crippen molar-refractivity contribution in [2.24, 2.45) is 4.99 Å². The predicted molar refractivity (Wildman–Crippen MR) is 93.4 cm³/mol. The number of hydrogen-bond acceptors (Lipinski definition) is 4. The Morgan fingerprint density at radius 2 is 2.04 bits per heavy atom. The molecular weight excluding hydrogens is 302 g/mol. The van der Waals surface area contributed by atoms with Crippen LogP contribution in [0.15, 0.2) is 77.2 Å². The first-order valence-corrected chi connectivity index (χ1v) is 7.73. The lowest BCUT2D eigenvalue weighted by molar-refractivity contribution is -0.485. The van der Waals surface area contributed by atoms with Crippen LogP contribution in [0.5, 0.6) is 0 Å². The van der Waals surface area contributed by atoms with Crippen molar-refractivity contribution in [3.8, 4) is 0 Å². The van der Waals surface area contributed by atoms with E-state index in [9.17, 15) is 10.0 Å². The van der Waals surface area contributed by atoms with Gasteiger partial charge in [0.2, 0.25) is 18.0 Å². The first-order chi connectivity index (χ1) is 11.7. The van der Waals surface area contributed by atoms with Gasteiger partial charge in [0.05, 0.1) is 18.5 Å². The molecule has 3 aliphatic rings. The van der Waals surface area contributed by atoms with Crippen LogP contribution in [0.3, 0.4) is 0 Å². The maximum atomic E-state index is 12.3. The van der Waals surface area contributed by atoms with E-state index in [-0.39, 0.29) is 5.78 Å². The van der Waals surface area contributed by atoms with Crippen molar-refractivity contribution in [2.45, 2.75) is 6.04 Å². The summed E-state index contributed by atoms with van der Waals surface area (Å²) in [7, 11) is 0. The van der Waals surface area contributed by atoms with E-state index in [1.165, 1.54) is 0 Å². The van der Waals surface area contributed by atoms with Gasteiger partial charge < -0.3 is 10.1 Å². The van der Waals surface area contributed by atoms with Crippen LogP contribution in [0.25, 0.3) is 5.57 Å². The Balaban J connectivity index is 1.98. The van der Waals surface area contributed by atoms with E-state index in [1.807, 2.05) is 53.6 Å². The number of rotatable bonds is 1. The molecule has 118 valence electrons. The Labute approximate surface area is 139 Å². The van der Waals surface area contributed by atoms with Gasteiger partial charge in [0.25, 0.3) is 0 Å². The van der Waals surface area contributed by atoms with Crippen molar-refractivity contribution in [3.05, 3.63) is 83.0 Å². The number of ketones is 1. The van der Waals surface area contributed by atoms with Gasteiger partial charge in [-0.2, -0.15) is 4.74 Å². The highest BCUT2D eigenvalue weighted by Gasteiger charge is 2.38. The molecule has 4 rings (SSSR count). The van der Waals surface area contributed by atoms with E-state index in [2.05, 4.69) is 4.99 Å². The Morgan fingerprint density at radius 1 is 1.21 bits per heavy atom. The van der Waals surface area contributed by atoms with E-state index in [0.717, 1.165) is 33.4 Å². The van der Waals surface area contributed by atoms with Gasteiger partial charge >= 0.3 is 0 Å². The summed E-state index contributed by atoms with van der Waals surface area (Å²) in [6.07, 6.45) is 11.8. The van der Waals surface area contributed by atoms with Gasteiger partial charge in [-0.05, 0) is 17.7 Å². The molecule has 1 unspecified atom stereocenters. The van der Waals surface area contributed by atoms with Crippen LogP contribution in [0.1, 0.15) is 5.56 Å². The lowest BCUT2D eigenvalue weighted by Crippen LogP contribution is -2.44. The van der Waals surface area contributed by atoms with Crippen molar-refractivity contribution in [2.75, 3.05) is 6.54 Å². The van der Waals surface area contributed by atoms with Gasteiger partial charge in [0.15, 0.2) is 0 Å². The van der Waals surface area contributed by atoms with Crippen LogP contribution in [-0.2, 0) is 4.79 Å². The first-order valence-electron chi connectivity index (χ1n) is 7.73. The summed E-state index contributed by atoms with van der Waals surface area (Å²) in [6.45, 7) is 0.473. The Hall–Kier alpha value is -3.21. The average molecular weight is 317 g/mol. The number of nitrogens with zero attached hydrogens (tertiary/aromatic N) is 3. The zero-order valence-corrected chi connectivity index (χ0v) is 12.9. The van der Waals surface area contributed by atoms with Gasteiger partial charge in [-0.25, -0.2) is 0 Å². The summed E-state index contributed by atoms with van der Waals surface area (Å²) in [6, 6.07) is 9.37. The predicted octanol–water partition coefficient (Wildman–Crippen LogP) is 2.28. The number of hydrogen-bond donors (Lipinski definition) is 0. The molecule has 3 heterocycles. The largest absolute Gasteiger partial charge is 0.623 e. The summed E-state index contributed by atoms with van der Waals surface area (Å²) < 4.78 is 0.761. The number of carbonyl (C=O) groups excluding carboxylic acids is 1. The summed E-state index contributed by atoms with van der Waals surface area (Å²) >= 11 is 0. The lowest BCUT2D eigenvalue weighted by atomic mass is 9.85. The third-order valence-electron chi connectivity index (χ3n) is 4.25. The molecule has 24 heavy (non-hydrogen) atoms. The van der Waals surface area contributed by atoms with Gasteiger partial charge in [-0.15, -0.1) is 0 Å². The maximum Gasteiger partial charge on any atom is 0.243 e. The van der Waals surface area contributed by atoms with Crippen molar-refractivity contribution >= 4 is 23.8 Å². The molecule has 0 aliphatic carbocycles. The molecule has 0 N–H and O–H groups in total. The number of aliphatic imine (C=N–C) groups is 1. The topological polar surface area (TPSA) is 58.7 Å². The van der Waals surface area contributed by atoms with Crippen LogP contribution in [0.2, 0.25) is 0 Å². The Bertz CT molecular complexity index is 873. The maximum absolute atomic E-state index is 12.3. The summed E-state index contributed by atoms with van der Waals surface area (Å²) in [5, 5.41) is 12.3. The number of carbonyl (C=O) groups is 1. The molecule has 0 aromatic heterocycles. The van der Waals surface area contributed by atoms with Crippen LogP contribution in [0, 0.1) is 5.21 Å². The highest BCUT2D eigenvalue weighted by atomic mass is 16.5. The molecule has 0 amide bonds. The molecule has 0 saturated heterocycles. The standard InChI is InChI=1S/C19H15N3O2/c23-15-10-16-18(22(24)12-15)13-21-9-5-4-8-20-11-17(21)19(16)14-6-2-1-3-7-14/h1-12,18H,13H2/b8-4-,9-5-,20-11?. The number of fused-ring (bicyclic) bond motifs is 2.